The SMILES string of the molecule is C[C@]1(COCc2ccccc2)O[C@@H](CC(=O)O)[C@@H](CC(=O)O)[C@@H]1OCc1ccccc1. The van der Waals surface area contributed by atoms with Crippen molar-refractivity contribution >= 4 is 11.9 Å². The fraction of sp³-hybridized carbons (Fsp3) is 0.417. The predicted molar refractivity (Wildman–Crippen MR) is 112 cm³/mol. The van der Waals surface area contributed by atoms with Gasteiger partial charge in [-0.05, 0) is 18.1 Å². The molecule has 3 rings (SSSR count). The molecule has 0 saturated carbocycles. The van der Waals surface area contributed by atoms with Gasteiger partial charge >= 0.3 is 11.9 Å². The van der Waals surface area contributed by atoms with E-state index in [-0.39, 0.29) is 26.1 Å². The van der Waals surface area contributed by atoms with Crippen LogP contribution < -0.4 is 0 Å². The van der Waals surface area contributed by atoms with Gasteiger partial charge in [0.1, 0.15) is 5.60 Å². The van der Waals surface area contributed by atoms with Crippen molar-refractivity contribution in [2.24, 2.45) is 5.92 Å². The molecule has 0 spiro atoms. The Morgan fingerprint density at radius 1 is 0.903 bits per heavy atom. The minimum absolute atomic E-state index is 0.146. The van der Waals surface area contributed by atoms with E-state index in [0.29, 0.717) is 6.61 Å². The standard InChI is InChI=1S/C24H28O7/c1-24(16-29-14-17-8-4-2-5-9-17)23(30-15-18-10-6-3-7-11-18)19(12-21(25)26)20(31-24)13-22(27)28/h2-11,19-20,23H,12-16H2,1H3,(H,25,26)(H,27,28)/t19-,20+,23+,24-/m1/s1. The lowest BCUT2D eigenvalue weighted by Gasteiger charge is -2.32. The number of ether oxygens (including phenoxy) is 3. The first-order valence-electron chi connectivity index (χ1n) is 10.3. The van der Waals surface area contributed by atoms with Crippen LogP contribution in [0.25, 0.3) is 0 Å². The van der Waals surface area contributed by atoms with Crippen molar-refractivity contribution in [2.45, 2.75) is 50.8 Å². The minimum atomic E-state index is -1.04. The molecular formula is C24H28O7. The van der Waals surface area contributed by atoms with Gasteiger partial charge in [-0.25, -0.2) is 0 Å². The molecule has 1 saturated heterocycles. The third kappa shape index (κ3) is 6.37. The Hall–Kier alpha value is -2.74. The first-order valence-corrected chi connectivity index (χ1v) is 10.3. The van der Waals surface area contributed by atoms with E-state index in [1.165, 1.54) is 0 Å². The van der Waals surface area contributed by atoms with Crippen LogP contribution in [0, 0.1) is 5.92 Å². The fourth-order valence-electron chi connectivity index (χ4n) is 4.08. The Bertz CT molecular complexity index is 855. The number of benzene rings is 2. The van der Waals surface area contributed by atoms with Gasteiger partial charge in [-0.1, -0.05) is 60.7 Å². The molecule has 0 radical (unpaired) electrons. The highest BCUT2D eigenvalue weighted by Crippen LogP contribution is 2.41. The summed E-state index contributed by atoms with van der Waals surface area (Å²) in [5.74, 6) is -2.67. The zero-order chi connectivity index (χ0) is 22.3. The average molecular weight is 428 g/mol. The monoisotopic (exact) mass is 428 g/mol. The summed E-state index contributed by atoms with van der Waals surface area (Å²) in [6.45, 7) is 2.56. The van der Waals surface area contributed by atoms with Gasteiger partial charge in [0, 0.05) is 5.92 Å². The van der Waals surface area contributed by atoms with Gasteiger partial charge in [0.05, 0.1) is 44.9 Å². The molecule has 166 valence electrons. The summed E-state index contributed by atoms with van der Waals surface area (Å²) < 4.78 is 18.2. The van der Waals surface area contributed by atoms with Crippen LogP contribution in [-0.2, 0) is 37.0 Å². The molecule has 31 heavy (non-hydrogen) atoms. The van der Waals surface area contributed by atoms with Gasteiger partial charge in [-0.2, -0.15) is 0 Å². The maximum atomic E-state index is 11.5. The molecule has 2 aromatic carbocycles. The molecular weight excluding hydrogens is 400 g/mol. The van der Waals surface area contributed by atoms with Crippen molar-refractivity contribution in [3.05, 3.63) is 71.8 Å². The van der Waals surface area contributed by atoms with Gasteiger partial charge in [-0.3, -0.25) is 9.59 Å². The van der Waals surface area contributed by atoms with Crippen LogP contribution in [0.2, 0.25) is 0 Å². The van der Waals surface area contributed by atoms with E-state index in [2.05, 4.69) is 0 Å². The summed E-state index contributed by atoms with van der Waals surface area (Å²) in [5, 5.41) is 18.7. The molecule has 2 aromatic rings. The molecule has 0 aromatic heterocycles. The zero-order valence-electron chi connectivity index (χ0n) is 17.5. The van der Waals surface area contributed by atoms with Crippen LogP contribution in [0.5, 0.6) is 0 Å². The summed E-state index contributed by atoms with van der Waals surface area (Å²) in [5.41, 5.74) is 0.949. The van der Waals surface area contributed by atoms with E-state index in [9.17, 15) is 19.8 Å². The van der Waals surface area contributed by atoms with Gasteiger partial charge in [-0.15, -0.1) is 0 Å². The number of aliphatic carboxylic acids is 2. The first kappa shape index (κ1) is 22.9. The molecule has 1 heterocycles. The number of carbonyl (C=O) groups is 2. The Labute approximate surface area is 181 Å². The molecule has 7 heteroatoms. The highest BCUT2D eigenvalue weighted by Gasteiger charge is 2.54. The van der Waals surface area contributed by atoms with Crippen molar-refractivity contribution in [3.63, 3.8) is 0 Å². The van der Waals surface area contributed by atoms with Crippen LogP contribution in [0.1, 0.15) is 30.9 Å². The fourth-order valence-corrected chi connectivity index (χ4v) is 4.08. The Kier molecular flexibility index (Phi) is 7.79. The maximum Gasteiger partial charge on any atom is 0.305 e. The van der Waals surface area contributed by atoms with Gasteiger partial charge in [0.25, 0.3) is 0 Å². The largest absolute Gasteiger partial charge is 0.481 e. The maximum absolute atomic E-state index is 11.5. The normalized spacial score (nSPS) is 25.4. The number of carboxylic acids is 2. The topological polar surface area (TPSA) is 102 Å². The molecule has 0 aliphatic carbocycles. The van der Waals surface area contributed by atoms with Crippen LogP contribution in [0.3, 0.4) is 0 Å². The summed E-state index contributed by atoms with van der Waals surface area (Å²) in [7, 11) is 0. The quantitative estimate of drug-likeness (QED) is 0.565. The van der Waals surface area contributed by atoms with Crippen molar-refractivity contribution in [1.82, 2.24) is 0 Å². The Morgan fingerprint density at radius 3 is 2.00 bits per heavy atom. The number of rotatable bonds is 11. The highest BCUT2D eigenvalue weighted by molar-refractivity contribution is 5.69. The Morgan fingerprint density at radius 2 is 1.45 bits per heavy atom. The van der Waals surface area contributed by atoms with Crippen LogP contribution in [-0.4, -0.2) is 46.6 Å². The van der Waals surface area contributed by atoms with E-state index in [0.717, 1.165) is 11.1 Å². The van der Waals surface area contributed by atoms with Gasteiger partial charge in [0.15, 0.2) is 0 Å². The van der Waals surface area contributed by atoms with E-state index in [4.69, 9.17) is 14.2 Å². The summed E-state index contributed by atoms with van der Waals surface area (Å²) in [6.07, 6.45) is -1.95. The lowest BCUT2D eigenvalue weighted by molar-refractivity contribution is -0.149. The molecule has 7 nitrogen and oxygen atoms in total. The summed E-state index contributed by atoms with van der Waals surface area (Å²) in [4.78, 5) is 22.9. The molecule has 1 aliphatic heterocycles. The van der Waals surface area contributed by atoms with Gasteiger partial charge < -0.3 is 24.4 Å². The van der Waals surface area contributed by atoms with Crippen molar-refractivity contribution < 1.29 is 34.0 Å². The first-order chi connectivity index (χ1) is 14.9. The smallest absolute Gasteiger partial charge is 0.305 e. The third-order valence-corrected chi connectivity index (χ3v) is 5.45. The van der Waals surface area contributed by atoms with E-state index in [1.807, 2.05) is 60.7 Å². The number of carboxylic acid groups (broad SMARTS) is 2. The molecule has 4 atom stereocenters. The summed E-state index contributed by atoms with van der Waals surface area (Å²) in [6, 6.07) is 19.2. The van der Waals surface area contributed by atoms with Crippen LogP contribution in [0.15, 0.2) is 60.7 Å². The van der Waals surface area contributed by atoms with Crippen LogP contribution in [0.4, 0.5) is 0 Å². The minimum Gasteiger partial charge on any atom is -0.481 e. The second-order valence-corrected chi connectivity index (χ2v) is 8.02. The molecule has 1 aliphatic rings. The lowest BCUT2D eigenvalue weighted by Crippen LogP contribution is -2.44. The van der Waals surface area contributed by atoms with Crippen molar-refractivity contribution in [2.75, 3.05) is 6.61 Å². The van der Waals surface area contributed by atoms with E-state index >= 15 is 0 Å². The second-order valence-electron chi connectivity index (χ2n) is 8.02. The molecule has 0 bridgehead atoms. The average Bonchev–Trinajstić information content (AvgIpc) is 2.97. The lowest BCUT2D eigenvalue weighted by atomic mass is 9.86. The molecule has 0 unspecified atom stereocenters. The third-order valence-electron chi connectivity index (χ3n) is 5.45. The Balaban J connectivity index is 1.77. The molecule has 0 amide bonds. The number of hydrogen-bond donors (Lipinski definition) is 2. The van der Waals surface area contributed by atoms with Crippen molar-refractivity contribution in [1.29, 1.82) is 0 Å². The second kappa shape index (κ2) is 10.5. The predicted octanol–water partition coefficient (Wildman–Crippen LogP) is 3.51. The molecule has 1 fully saturated rings. The van der Waals surface area contributed by atoms with Crippen LogP contribution >= 0.6 is 0 Å². The van der Waals surface area contributed by atoms with E-state index in [1.54, 1.807) is 6.92 Å². The van der Waals surface area contributed by atoms with Gasteiger partial charge in [0.2, 0.25) is 0 Å². The highest BCUT2D eigenvalue weighted by atomic mass is 16.6. The molecule has 2 N–H and O–H groups in total. The summed E-state index contributed by atoms with van der Waals surface area (Å²) >= 11 is 0. The number of hydrogen-bond acceptors (Lipinski definition) is 5. The van der Waals surface area contributed by atoms with Crippen molar-refractivity contribution in [3.8, 4) is 0 Å². The van der Waals surface area contributed by atoms with E-state index < -0.39 is 35.7 Å². The zero-order valence-corrected chi connectivity index (χ0v) is 17.5.